The first-order valence-corrected chi connectivity index (χ1v) is 6.71. The van der Waals surface area contributed by atoms with Crippen LogP contribution in [-0.4, -0.2) is 30.7 Å². The number of nitrogens with two attached hydrogens (primary N) is 1. The molecule has 0 aliphatic carbocycles. The fourth-order valence-corrected chi connectivity index (χ4v) is 1.92. The van der Waals surface area contributed by atoms with Crippen LogP contribution in [0.3, 0.4) is 0 Å². The highest BCUT2D eigenvalue weighted by Gasteiger charge is 2.06. The third-order valence-corrected chi connectivity index (χ3v) is 3.20. The molecule has 0 unspecified atom stereocenters. The first-order chi connectivity index (χ1) is 9.99. The van der Waals surface area contributed by atoms with Gasteiger partial charge in [-0.3, -0.25) is 4.79 Å². The minimum atomic E-state index is 0.0599. The van der Waals surface area contributed by atoms with Gasteiger partial charge in [0.2, 0.25) is 0 Å². The lowest BCUT2D eigenvalue weighted by Gasteiger charge is -2.12. The van der Waals surface area contributed by atoms with Crippen molar-refractivity contribution in [3.8, 4) is 11.1 Å². The number of nitrogens with zero attached hydrogens (tertiary/aromatic N) is 2. The first kappa shape index (κ1) is 14.8. The molecule has 0 spiro atoms. The summed E-state index contributed by atoms with van der Waals surface area (Å²) in [5, 5.41) is 0. The zero-order valence-corrected chi connectivity index (χ0v) is 12.5. The minimum Gasteiger partial charge on any atom is -0.370 e. The van der Waals surface area contributed by atoms with Crippen molar-refractivity contribution in [3.63, 3.8) is 0 Å². The van der Waals surface area contributed by atoms with Gasteiger partial charge in [-0.25, -0.2) is 4.99 Å². The zero-order chi connectivity index (χ0) is 15.4. The Morgan fingerprint density at radius 1 is 1.05 bits per heavy atom. The lowest BCUT2D eigenvalue weighted by molar-refractivity contribution is 0.101. The van der Waals surface area contributed by atoms with Crippen molar-refractivity contribution in [2.45, 2.75) is 6.92 Å². The summed E-state index contributed by atoms with van der Waals surface area (Å²) in [6.07, 6.45) is 0. The Kier molecular flexibility index (Phi) is 4.38. The van der Waals surface area contributed by atoms with Crippen molar-refractivity contribution in [2.24, 2.45) is 10.7 Å². The van der Waals surface area contributed by atoms with Gasteiger partial charge in [0, 0.05) is 25.2 Å². The Hall–Kier alpha value is -2.62. The number of Topliss-reactive ketones (excluding diaryl/α,β-unsaturated/α-hetero) is 1. The van der Waals surface area contributed by atoms with Gasteiger partial charge in [0.1, 0.15) is 0 Å². The van der Waals surface area contributed by atoms with E-state index in [-0.39, 0.29) is 5.78 Å². The average molecular weight is 281 g/mol. The summed E-state index contributed by atoms with van der Waals surface area (Å²) in [6.45, 7) is 1.56. The van der Waals surface area contributed by atoms with Crippen molar-refractivity contribution in [1.82, 2.24) is 4.90 Å². The second-order valence-electron chi connectivity index (χ2n) is 5.02. The van der Waals surface area contributed by atoms with Crippen molar-refractivity contribution in [2.75, 3.05) is 14.1 Å². The van der Waals surface area contributed by atoms with Crippen LogP contribution in [0.2, 0.25) is 0 Å². The number of carbonyl (C=O) groups excluding carboxylic acids is 1. The molecule has 2 aromatic rings. The molecule has 0 heterocycles. The van der Waals surface area contributed by atoms with Gasteiger partial charge in [-0.1, -0.05) is 42.5 Å². The van der Waals surface area contributed by atoms with Gasteiger partial charge in [-0.05, 0) is 18.6 Å². The normalized spacial score (nSPS) is 11.3. The zero-order valence-electron chi connectivity index (χ0n) is 12.5. The molecule has 4 nitrogen and oxygen atoms in total. The molecular weight excluding hydrogens is 262 g/mol. The quantitative estimate of drug-likeness (QED) is 0.534. The number of para-hydroxylation sites is 1. The fourth-order valence-electron chi connectivity index (χ4n) is 1.92. The number of benzene rings is 2. The summed E-state index contributed by atoms with van der Waals surface area (Å²) in [4.78, 5) is 17.5. The van der Waals surface area contributed by atoms with Gasteiger partial charge < -0.3 is 10.6 Å². The van der Waals surface area contributed by atoms with E-state index >= 15 is 0 Å². The van der Waals surface area contributed by atoms with Gasteiger partial charge in [0.25, 0.3) is 0 Å². The second-order valence-corrected chi connectivity index (χ2v) is 5.02. The molecule has 108 valence electrons. The van der Waals surface area contributed by atoms with Crippen molar-refractivity contribution < 1.29 is 4.79 Å². The number of carbonyl (C=O) groups is 1. The standard InChI is InChI=1S/C17H19N3O/c1-12(21)13-8-10-14(11-9-13)15-6-4-5-7-16(15)19-17(18)20(2)3/h4-11H,1-3H3,(H2,18,19). The van der Waals surface area contributed by atoms with Crippen LogP contribution < -0.4 is 5.73 Å². The Balaban J connectivity index is 2.45. The van der Waals surface area contributed by atoms with Gasteiger partial charge in [-0.15, -0.1) is 0 Å². The second kappa shape index (κ2) is 6.22. The number of guanidine groups is 1. The number of rotatable bonds is 3. The summed E-state index contributed by atoms with van der Waals surface area (Å²) in [5.41, 5.74) is 9.39. The third kappa shape index (κ3) is 3.48. The highest BCUT2D eigenvalue weighted by atomic mass is 16.1. The molecule has 0 amide bonds. The van der Waals surface area contributed by atoms with E-state index in [4.69, 9.17) is 5.73 Å². The van der Waals surface area contributed by atoms with Crippen molar-refractivity contribution in [1.29, 1.82) is 0 Å². The Bertz CT molecular complexity index is 673. The van der Waals surface area contributed by atoms with E-state index in [2.05, 4.69) is 4.99 Å². The monoisotopic (exact) mass is 281 g/mol. The van der Waals surface area contributed by atoms with Crippen molar-refractivity contribution >= 4 is 17.4 Å². The Morgan fingerprint density at radius 2 is 1.67 bits per heavy atom. The number of hydrogen-bond donors (Lipinski definition) is 1. The van der Waals surface area contributed by atoms with E-state index in [0.717, 1.165) is 16.8 Å². The summed E-state index contributed by atoms with van der Waals surface area (Å²) < 4.78 is 0. The fraction of sp³-hybridized carbons (Fsp3) is 0.176. The molecule has 0 atom stereocenters. The molecule has 0 saturated carbocycles. The summed E-state index contributed by atoms with van der Waals surface area (Å²) in [6, 6.07) is 15.3. The lowest BCUT2D eigenvalue weighted by atomic mass is 10.0. The SMILES string of the molecule is CC(=O)c1ccc(-c2ccccc2N=C(N)N(C)C)cc1. The van der Waals surface area contributed by atoms with Crippen LogP contribution in [0.1, 0.15) is 17.3 Å². The van der Waals surface area contributed by atoms with E-state index < -0.39 is 0 Å². The smallest absolute Gasteiger partial charge is 0.195 e. The van der Waals surface area contributed by atoms with E-state index in [9.17, 15) is 4.79 Å². The average Bonchev–Trinajstić information content (AvgIpc) is 2.47. The molecule has 2 N–H and O–H groups in total. The molecule has 0 aliphatic rings. The molecule has 2 aromatic carbocycles. The van der Waals surface area contributed by atoms with E-state index in [1.54, 1.807) is 11.8 Å². The minimum absolute atomic E-state index is 0.0599. The molecular formula is C17H19N3O. The molecule has 0 bridgehead atoms. The first-order valence-electron chi connectivity index (χ1n) is 6.71. The molecule has 0 saturated heterocycles. The molecule has 4 heteroatoms. The molecule has 0 radical (unpaired) electrons. The van der Waals surface area contributed by atoms with Crippen LogP contribution in [0.4, 0.5) is 5.69 Å². The predicted octanol–water partition coefficient (Wildman–Crippen LogP) is 3.06. The largest absolute Gasteiger partial charge is 0.370 e. The van der Waals surface area contributed by atoms with Crippen LogP contribution in [0.15, 0.2) is 53.5 Å². The molecule has 0 aliphatic heterocycles. The Labute approximate surface area is 124 Å². The van der Waals surface area contributed by atoms with Crippen LogP contribution >= 0.6 is 0 Å². The lowest BCUT2D eigenvalue weighted by Crippen LogP contribution is -2.29. The topological polar surface area (TPSA) is 58.7 Å². The van der Waals surface area contributed by atoms with Gasteiger partial charge in [-0.2, -0.15) is 0 Å². The van der Waals surface area contributed by atoms with Gasteiger partial charge >= 0.3 is 0 Å². The highest BCUT2D eigenvalue weighted by molar-refractivity contribution is 5.94. The molecule has 2 rings (SSSR count). The number of ketones is 1. The highest BCUT2D eigenvalue weighted by Crippen LogP contribution is 2.30. The third-order valence-electron chi connectivity index (χ3n) is 3.20. The summed E-state index contributed by atoms with van der Waals surface area (Å²) >= 11 is 0. The van der Waals surface area contributed by atoms with Crippen LogP contribution in [-0.2, 0) is 0 Å². The van der Waals surface area contributed by atoms with E-state index in [1.807, 2.05) is 62.6 Å². The van der Waals surface area contributed by atoms with Crippen LogP contribution in [0, 0.1) is 0 Å². The number of hydrogen-bond acceptors (Lipinski definition) is 2. The van der Waals surface area contributed by atoms with Crippen LogP contribution in [0.5, 0.6) is 0 Å². The van der Waals surface area contributed by atoms with Gasteiger partial charge in [0.15, 0.2) is 11.7 Å². The van der Waals surface area contributed by atoms with E-state index in [0.29, 0.717) is 11.5 Å². The van der Waals surface area contributed by atoms with Gasteiger partial charge in [0.05, 0.1) is 5.69 Å². The Morgan fingerprint density at radius 3 is 2.24 bits per heavy atom. The molecule has 21 heavy (non-hydrogen) atoms. The summed E-state index contributed by atoms with van der Waals surface area (Å²) in [7, 11) is 3.70. The number of aliphatic imine (C=N–C) groups is 1. The van der Waals surface area contributed by atoms with Crippen molar-refractivity contribution in [3.05, 3.63) is 54.1 Å². The predicted molar refractivity (Wildman–Crippen MR) is 86.9 cm³/mol. The molecule has 0 aromatic heterocycles. The van der Waals surface area contributed by atoms with Crippen LogP contribution in [0.25, 0.3) is 11.1 Å². The maximum absolute atomic E-state index is 11.3. The molecule has 0 fully saturated rings. The van der Waals surface area contributed by atoms with E-state index in [1.165, 1.54) is 0 Å². The maximum atomic E-state index is 11.3. The summed E-state index contributed by atoms with van der Waals surface area (Å²) in [5.74, 6) is 0.507. The maximum Gasteiger partial charge on any atom is 0.195 e.